The van der Waals surface area contributed by atoms with E-state index >= 15 is 0 Å². The zero-order chi connectivity index (χ0) is 21.3. The van der Waals surface area contributed by atoms with Crippen molar-refractivity contribution in [3.63, 3.8) is 0 Å². The van der Waals surface area contributed by atoms with Crippen LogP contribution in [0.5, 0.6) is 0 Å². The zero-order valence-electron chi connectivity index (χ0n) is 16.7. The summed E-state index contributed by atoms with van der Waals surface area (Å²) in [5, 5.41) is 6.62. The Morgan fingerprint density at radius 3 is 2.37 bits per heavy atom. The van der Waals surface area contributed by atoms with Gasteiger partial charge in [0.25, 0.3) is 5.91 Å². The topological polar surface area (TPSA) is 100 Å². The lowest BCUT2D eigenvalue weighted by atomic mass is 10.0. The number of hydrogen-bond donors (Lipinski definition) is 4. The maximum Gasteiger partial charge on any atom is 0.323 e. The van der Waals surface area contributed by atoms with E-state index in [1.165, 1.54) is 0 Å². The molecule has 3 amide bonds. The molecule has 4 aromatic rings. The summed E-state index contributed by atoms with van der Waals surface area (Å²) in [7, 11) is 0. The van der Waals surface area contributed by atoms with Crippen LogP contribution in [0.1, 0.15) is 21.6 Å². The van der Waals surface area contributed by atoms with Crippen molar-refractivity contribution < 1.29 is 9.59 Å². The van der Waals surface area contributed by atoms with Gasteiger partial charge in [0.15, 0.2) is 0 Å². The summed E-state index contributed by atoms with van der Waals surface area (Å²) in [5.41, 5.74) is 11.8. The zero-order valence-corrected chi connectivity index (χ0v) is 16.7. The van der Waals surface area contributed by atoms with Crippen molar-refractivity contribution in [2.45, 2.75) is 13.8 Å². The number of benzene rings is 3. The number of urea groups is 1. The molecule has 4 rings (SSSR count). The molecule has 0 unspecified atom stereocenters. The number of para-hydroxylation sites is 1. The number of amides is 3. The molecule has 1 heterocycles. The fourth-order valence-electron chi connectivity index (χ4n) is 3.50. The third-order valence-electron chi connectivity index (χ3n) is 5.03. The molecule has 3 aromatic carbocycles. The van der Waals surface area contributed by atoms with Crippen LogP contribution in [0.15, 0.2) is 66.7 Å². The Kier molecular flexibility index (Phi) is 4.98. The number of anilines is 2. The number of carbonyl (C=O) groups is 2. The lowest BCUT2D eigenvalue weighted by molar-refractivity contribution is 0.0997. The Balaban J connectivity index is 1.57. The monoisotopic (exact) mass is 398 g/mol. The molecule has 5 N–H and O–H groups in total. The minimum Gasteiger partial charge on any atom is -0.364 e. The van der Waals surface area contributed by atoms with E-state index in [1.54, 1.807) is 12.1 Å². The molecule has 0 aliphatic heterocycles. The van der Waals surface area contributed by atoms with Gasteiger partial charge in [-0.2, -0.15) is 0 Å². The van der Waals surface area contributed by atoms with Crippen molar-refractivity contribution in [2.75, 3.05) is 10.6 Å². The van der Waals surface area contributed by atoms with Gasteiger partial charge in [0.05, 0.1) is 0 Å². The first-order chi connectivity index (χ1) is 14.4. The molecule has 150 valence electrons. The molecule has 0 spiro atoms. The lowest BCUT2D eigenvalue weighted by Crippen LogP contribution is -2.20. The molecule has 0 fully saturated rings. The SMILES string of the molecule is Cc1ccc(C)c(NC(=O)Nc2ccc(-c3c(C(N)=O)[nH]c4ccccc34)cc2)c1. The molecule has 0 aliphatic rings. The van der Waals surface area contributed by atoms with Crippen LogP contribution in [0, 0.1) is 13.8 Å². The molecule has 0 saturated carbocycles. The highest BCUT2D eigenvalue weighted by Crippen LogP contribution is 2.33. The molecular formula is C24H22N4O2. The van der Waals surface area contributed by atoms with E-state index in [-0.39, 0.29) is 6.03 Å². The molecule has 30 heavy (non-hydrogen) atoms. The first kappa shape index (κ1) is 19.3. The normalized spacial score (nSPS) is 10.7. The van der Waals surface area contributed by atoms with Crippen LogP contribution in [0.2, 0.25) is 0 Å². The summed E-state index contributed by atoms with van der Waals surface area (Å²) in [4.78, 5) is 27.4. The quantitative estimate of drug-likeness (QED) is 0.380. The largest absolute Gasteiger partial charge is 0.364 e. The van der Waals surface area contributed by atoms with Crippen molar-refractivity contribution in [2.24, 2.45) is 5.73 Å². The van der Waals surface area contributed by atoms with Gasteiger partial charge < -0.3 is 21.4 Å². The van der Waals surface area contributed by atoms with Crippen molar-refractivity contribution in [3.05, 3.63) is 83.6 Å². The van der Waals surface area contributed by atoms with Crippen LogP contribution < -0.4 is 16.4 Å². The van der Waals surface area contributed by atoms with Gasteiger partial charge in [0.2, 0.25) is 0 Å². The highest BCUT2D eigenvalue weighted by molar-refractivity contribution is 6.09. The Bertz CT molecular complexity index is 1260. The van der Waals surface area contributed by atoms with E-state index < -0.39 is 5.91 Å². The lowest BCUT2D eigenvalue weighted by Gasteiger charge is -2.11. The maximum absolute atomic E-state index is 12.4. The molecule has 0 atom stereocenters. The van der Waals surface area contributed by atoms with Crippen LogP contribution in [0.4, 0.5) is 16.2 Å². The van der Waals surface area contributed by atoms with Gasteiger partial charge in [-0.25, -0.2) is 4.79 Å². The Labute approximate surface area is 174 Å². The number of carbonyl (C=O) groups excluding carboxylic acids is 2. The number of primary amides is 1. The average molecular weight is 398 g/mol. The highest BCUT2D eigenvalue weighted by atomic mass is 16.2. The van der Waals surface area contributed by atoms with Gasteiger partial charge >= 0.3 is 6.03 Å². The average Bonchev–Trinajstić information content (AvgIpc) is 3.11. The number of aryl methyl sites for hydroxylation is 2. The van der Waals surface area contributed by atoms with Crippen LogP contribution >= 0.6 is 0 Å². The van der Waals surface area contributed by atoms with Gasteiger partial charge in [-0.05, 0) is 54.8 Å². The summed E-state index contributed by atoms with van der Waals surface area (Å²) in [6, 6.07) is 20.5. The predicted octanol–water partition coefficient (Wildman–Crippen LogP) is 5.19. The number of nitrogens with two attached hydrogens (primary N) is 1. The molecule has 1 aromatic heterocycles. The number of aromatic amines is 1. The molecule has 0 aliphatic carbocycles. The second-order valence-electron chi connectivity index (χ2n) is 7.26. The Hall–Kier alpha value is -4.06. The number of aromatic nitrogens is 1. The van der Waals surface area contributed by atoms with Gasteiger partial charge in [-0.1, -0.05) is 42.5 Å². The summed E-state index contributed by atoms with van der Waals surface area (Å²) < 4.78 is 0. The summed E-state index contributed by atoms with van der Waals surface area (Å²) in [6.07, 6.45) is 0. The van der Waals surface area contributed by atoms with Gasteiger partial charge in [0, 0.05) is 27.8 Å². The van der Waals surface area contributed by atoms with Gasteiger partial charge in [-0.15, -0.1) is 0 Å². The summed E-state index contributed by atoms with van der Waals surface area (Å²) in [6.45, 7) is 3.92. The Morgan fingerprint density at radius 1 is 0.900 bits per heavy atom. The van der Waals surface area contributed by atoms with Crippen molar-refractivity contribution in [1.82, 2.24) is 4.98 Å². The predicted molar refractivity (Wildman–Crippen MR) is 121 cm³/mol. The van der Waals surface area contributed by atoms with E-state index in [1.807, 2.05) is 68.4 Å². The molecule has 0 saturated heterocycles. The summed E-state index contributed by atoms with van der Waals surface area (Å²) in [5.74, 6) is -0.517. The van der Waals surface area contributed by atoms with E-state index in [0.29, 0.717) is 11.4 Å². The minimum absolute atomic E-state index is 0.318. The van der Waals surface area contributed by atoms with E-state index in [9.17, 15) is 9.59 Å². The van der Waals surface area contributed by atoms with Crippen molar-refractivity contribution in [3.8, 4) is 11.1 Å². The number of fused-ring (bicyclic) bond motifs is 1. The van der Waals surface area contributed by atoms with Crippen LogP contribution in [-0.4, -0.2) is 16.9 Å². The molecular weight excluding hydrogens is 376 g/mol. The maximum atomic E-state index is 12.4. The van der Waals surface area contributed by atoms with Gasteiger partial charge in [0.1, 0.15) is 5.69 Å². The van der Waals surface area contributed by atoms with E-state index in [2.05, 4.69) is 15.6 Å². The molecule has 6 heteroatoms. The third kappa shape index (κ3) is 3.75. The number of rotatable bonds is 4. The second kappa shape index (κ2) is 7.75. The van der Waals surface area contributed by atoms with Gasteiger partial charge in [-0.3, -0.25) is 4.79 Å². The molecule has 0 radical (unpaired) electrons. The van der Waals surface area contributed by atoms with Crippen molar-refractivity contribution >= 4 is 34.2 Å². The fourth-order valence-corrected chi connectivity index (χ4v) is 3.50. The van der Waals surface area contributed by atoms with Crippen LogP contribution in [0.3, 0.4) is 0 Å². The highest BCUT2D eigenvalue weighted by Gasteiger charge is 2.17. The van der Waals surface area contributed by atoms with Crippen molar-refractivity contribution in [1.29, 1.82) is 0 Å². The fraction of sp³-hybridized carbons (Fsp3) is 0.0833. The standard InChI is InChI=1S/C24H22N4O2/c1-14-7-8-15(2)20(13-14)28-24(30)26-17-11-9-16(10-12-17)21-18-5-3-4-6-19(18)27-22(21)23(25)29/h3-13,27H,1-2H3,(H2,25,29)(H2,26,28,30). The Morgan fingerprint density at radius 2 is 1.63 bits per heavy atom. The minimum atomic E-state index is -0.517. The first-order valence-corrected chi connectivity index (χ1v) is 9.58. The first-order valence-electron chi connectivity index (χ1n) is 9.58. The third-order valence-corrected chi connectivity index (χ3v) is 5.03. The summed E-state index contributed by atoms with van der Waals surface area (Å²) >= 11 is 0. The van der Waals surface area contributed by atoms with E-state index in [0.717, 1.165) is 38.8 Å². The number of H-pyrrole nitrogens is 1. The van der Waals surface area contributed by atoms with Crippen LogP contribution in [-0.2, 0) is 0 Å². The second-order valence-corrected chi connectivity index (χ2v) is 7.26. The van der Waals surface area contributed by atoms with Crippen LogP contribution in [0.25, 0.3) is 22.0 Å². The van der Waals surface area contributed by atoms with E-state index in [4.69, 9.17) is 5.73 Å². The molecule has 0 bridgehead atoms. The number of nitrogens with one attached hydrogen (secondary N) is 3. The molecule has 6 nitrogen and oxygen atoms in total. The number of hydrogen-bond acceptors (Lipinski definition) is 2. The smallest absolute Gasteiger partial charge is 0.323 e.